The summed E-state index contributed by atoms with van der Waals surface area (Å²) in [6.45, 7) is 2.95. The predicted molar refractivity (Wildman–Crippen MR) is 86.3 cm³/mol. The van der Waals surface area contributed by atoms with Crippen LogP contribution in [0.1, 0.15) is 16.3 Å². The number of hydrogen-bond donors (Lipinski definition) is 1. The molecule has 116 valence electrons. The average molecular weight is 300 g/mol. The maximum absolute atomic E-state index is 12.6. The highest BCUT2D eigenvalue weighted by atomic mass is 16.5. The molecule has 6 heteroatoms. The van der Waals surface area contributed by atoms with E-state index in [0.29, 0.717) is 30.5 Å². The van der Waals surface area contributed by atoms with E-state index < -0.39 is 0 Å². The van der Waals surface area contributed by atoms with Crippen LogP contribution in [-0.4, -0.2) is 43.2 Å². The van der Waals surface area contributed by atoms with Gasteiger partial charge in [-0.3, -0.25) is 4.79 Å². The number of benzene rings is 1. The van der Waals surface area contributed by atoms with Crippen LogP contribution in [0.3, 0.4) is 0 Å². The van der Waals surface area contributed by atoms with Gasteiger partial charge in [-0.05, 0) is 19.1 Å². The third-order valence-electron chi connectivity index (χ3n) is 3.12. The van der Waals surface area contributed by atoms with Gasteiger partial charge in [0, 0.05) is 32.5 Å². The maximum atomic E-state index is 12.6. The number of amides is 1. The first kappa shape index (κ1) is 15.9. The Labute approximate surface area is 130 Å². The van der Waals surface area contributed by atoms with Gasteiger partial charge in [-0.2, -0.15) is 0 Å². The highest BCUT2D eigenvalue weighted by molar-refractivity contribution is 6.04. The van der Waals surface area contributed by atoms with Crippen LogP contribution in [0.2, 0.25) is 0 Å². The van der Waals surface area contributed by atoms with Crippen molar-refractivity contribution in [3.05, 3.63) is 47.9 Å². The summed E-state index contributed by atoms with van der Waals surface area (Å²) in [7, 11) is 3.36. The Bertz CT molecular complexity index is 631. The first-order valence-electron chi connectivity index (χ1n) is 7.03. The predicted octanol–water partition coefficient (Wildman–Crippen LogP) is 2.12. The summed E-state index contributed by atoms with van der Waals surface area (Å²) >= 11 is 0. The minimum atomic E-state index is -0.175. The lowest BCUT2D eigenvalue weighted by molar-refractivity contribution is 0.0988. The number of carbonyl (C=O) groups excluding carboxylic acids is 1. The number of para-hydroxylation sites is 1. The van der Waals surface area contributed by atoms with E-state index in [4.69, 9.17) is 4.74 Å². The third-order valence-corrected chi connectivity index (χ3v) is 3.12. The van der Waals surface area contributed by atoms with Crippen LogP contribution >= 0.6 is 0 Å². The summed E-state index contributed by atoms with van der Waals surface area (Å²) in [5, 5.41) is 3.11. The normalized spacial score (nSPS) is 10.3. The summed E-state index contributed by atoms with van der Waals surface area (Å²) in [4.78, 5) is 22.6. The minimum absolute atomic E-state index is 0.175. The molecule has 1 amide bonds. The monoisotopic (exact) mass is 300 g/mol. The summed E-state index contributed by atoms with van der Waals surface area (Å²) in [6.07, 6.45) is 0. The first-order valence-corrected chi connectivity index (χ1v) is 7.03. The first-order chi connectivity index (χ1) is 10.6. The van der Waals surface area contributed by atoms with Gasteiger partial charge in [-0.15, -0.1) is 0 Å². The van der Waals surface area contributed by atoms with Gasteiger partial charge in [0.15, 0.2) is 0 Å². The SMILES string of the molecule is COCCNc1cc(C(=O)N(C)c2ccccc2)nc(C)n1. The fourth-order valence-corrected chi connectivity index (χ4v) is 1.99. The van der Waals surface area contributed by atoms with E-state index in [1.54, 1.807) is 32.0 Å². The Morgan fingerprint density at radius 2 is 2.00 bits per heavy atom. The molecular formula is C16H20N4O2. The van der Waals surface area contributed by atoms with Gasteiger partial charge in [0.05, 0.1) is 6.61 Å². The molecule has 22 heavy (non-hydrogen) atoms. The number of aromatic nitrogens is 2. The Morgan fingerprint density at radius 1 is 1.27 bits per heavy atom. The van der Waals surface area contributed by atoms with Crippen LogP contribution < -0.4 is 10.2 Å². The fourth-order valence-electron chi connectivity index (χ4n) is 1.99. The lowest BCUT2D eigenvalue weighted by Crippen LogP contribution is -2.27. The van der Waals surface area contributed by atoms with E-state index in [1.165, 1.54) is 0 Å². The molecule has 6 nitrogen and oxygen atoms in total. The zero-order valence-electron chi connectivity index (χ0n) is 13.0. The molecule has 0 saturated heterocycles. The largest absolute Gasteiger partial charge is 0.383 e. The van der Waals surface area contributed by atoms with Gasteiger partial charge >= 0.3 is 0 Å². The summed E-state index contributed by atoms with van der Waals surface area (Å²) in [5.41, 5.74) is 1.18. The van der Waals surface area contributed by atoms with Crippen LogP contribution in [-0.2, 0) is 4.74 Å². The molecule has 0 spiro atoms. The van der Waals surface area contributed by atoms with Crippen LogP contribution in [0.5, 0.6) is 0 Å². The van der Waals surface area contributed by atoms with E-state index >= 15 is 0 Å². The molecule has 1 N–H and O–H groups in total. The standard InChI is InChI=1S/C16H20N4O2/c1-12-18-14(11-15(19-12)17-9-10-22-3)16(21)20(2)13-7-5-4-6-8-13/h4-8,11H,9-10H2,1-3H3,(H,17,18,19). The number of nitrogens with one attached hydrogen (secondary N) is 1. The number of hydrogen-bond acceptors (Lipinski definition) is 5. The number of aryl methyl sites for hydroxylation is 1. The lowest BCUT2D eigenvalue weighted by atomic mass is 10.2. The van der Waals surface area contributed by atoms with Crippen LogP contribution in [0, 0.1) is 6.92 Å². The van der Waals surface area contributed by atoms with Crippen molar-refractivity contribution >= 4 is 17.4 Å². The molecule has 0 bridgehead atoms. The summed E-state index contributed by atoms with van der Waals surface area (Å²) in [6, 6.07) is 11.1. The number of ether oxygens (including phenoxy) is 1. The van der Waals surface area contributed by atoms with Gasteiger partial charge in [0.1, 0.15) is 17.3 Å². The Kier molecular flexibility index (Phi) is 5.43. The van der Waals surface area contributed by atoms with Crippen molar-refractivity contribution in [1.29, 1.82) is 0 Å². The number of nitrogens with zero attached hydrogens (tertiary/aromatic N) is 3. The molecule has 2 aromatic rings. The van der Waals surface area contributed by atoms with Crippen molar-refractivity contribution in [1.82, 2.24) is 9.97 Å². The Hall–Kier alpha value is -2.47. The van der Waals surface area contributed by atoms with Crippen LogP contribution in [0.15, 0.2) is 36.4 Å². The van der Waals surface area contributed by atoms with E-state index in [9.17, 15) is 4.79 Å². The van der Waals surface area contributed by atoms with Gasteiger partial charge in [0.25, 0.3) is 5.91 Å². The van der Waals surface area contributed by atoms with E-state index in [2.05, 4.69) is 15.3 Å². The molecule has 0 radical (unpaired) electrons. The van der Waals surface area contributed by atoms with Crippen molar-refractivity contribution in [2.45, 2.75) is 6.92 Å². The molecule has 2 rings (SSSR count). The second kappa shape index (κ2) is 7.51. The minimum Gasteiger partial charge on any atom is -0.383 e. The number of methoxy groups -OCH3 is 1. The third kappa shape index (κ3) is 4.02. The molecule has 0 aliphatic carbocycles. The second-order valence-corrected chi connectivity index (χ2v) is 4.80. The summed E-state index contributed by atoms with van der Waals surface area (Å²) in [5.74, 6) is 0.994. The van der Waals surface area contributed by atoms with E-state index in [1.807, 2.05) is 30.3 Å². The highest BCUT2D eigenvalue weighted by Gasteiger charge is 2.16. The topological polar surface area (TPSA) is 67.3 Å². The zero-order valence-corrected chi connectivity index (χ0v) is 13.0. The Balaban J connectivity index is 2.18. The molecule has 0 fully saturated rings. The molecule has 1 aromatic carbocycles. The van der Waals surface area contributed by atoms with Gasteiger partial charge in [-0.1, -0.05) is 18.2 Å². The van der Waals surface area contributed by atoms with Gasteiger partial charge in [0.2, 0.25) is 0 Å². The van der Waals surface area contributed by atoms with Crippen molar-refractivity contribution in [3.8, 4) is 0 Å². The molecule has 1 heterocycles. The fraction of sp³-hybridized carbons (Fsp3) is 0.312. The number of carbonyl (C=O) groups is 1. The van der Waals surface area contributed by atoms with Gasteiger partial charge in [-0.25, -0.2) is 9.97 Å². The van der Waals surface area contributed by atoms with Crippen molar-refractivity contribution < 1.29 is 9.53 Å². The highest BCUT2D eigenvalue weighted by Crippen LogP contribution is 2.15. The molecule has 0 saturated carbocycles. The molecular weight excluding hydrogens is 280 g/mol. The molecule has 0 unspecified atom stereocenters. The average Bonchev–Trinajstić information content (AvgIpc) is 2.54. The van der Waals surface area contributed by atoms with Gasteiger partial charge < -0.3 is 15.0 Å². The van der Waals surface area contributed by atoms with Crippen molar-refractivity contribution in [3.63, 3.8) is 0 Å². The molecule has 0 atom stereocenters. The molecule has 0 aliphatic heterocycles. The maximum Gasteiger partial charge on any atom is 0.276 e. The number of rotatable bonds is 6. The van der Waals surface area contributed by atoms with Crippen LogP contribution in [0.25, 0.3) is 0 Å². The Morgan fingerprint density at radius 3 is 2.68 bits per heavy atom. The van der Waals surface area contributed by atoms with Crippen molar-refractivity contribution in [2.24, 2.45) is 0 Å². The quantitative estimate of drug-likeness (QED) is 0.828. The smallest absolute Gasteiger partial charge is 0.276 e. The zero-order chi connectivity index (χ0) is 15.9. The summed E-state index contributed by atoms with van der Waals surface area (Å²) < 4.78 is 4.99. The number of anilines is 2. The van der Waals surface area contributed by atoms with E-state index in [0.717, 1.165) is 5.69 Å². The van der Waals surface area contributed by atoms with Crippen LogP contribution in [0.4, 0.5) is 11.5 Å². The van der Waals surface area contributed by atoms with E-state index in [-0.39, 0.29) is 5.91 Å². The molecule has 1 aromatic heterocycles. The lowest BCUT2D eigenvalue weighted by Gasteiger charge is -2.17. The van der Waals surface area contributed by atoms with Crippen molar-refractivity contribution in [2.75, 3.05) is 37.5 Å². The molecule has 0 aliphatic rings. The second-order valence-electron chi connectivity index (χ2n) is 4.80.